The van der Waals surface area contributed by atoms with E-state index < -0.39 is 0 Å². The number of nitriles is 1. The van der Waals surface area contributed by atoms with E-state index in [2.05, 4.69) is 21.6 Å². The molecule has 0 aliphatic carbocycles. The second-order valence-corrected chi connectivity index (χ2v) is 8.27. The van der Waals surface area contributed by atoms with Gasteiger partial charge in [0.1, 0.15) is 11.9 Å². The van der Waals surface area contributed by atoms with Crippen molar-refractivity contribution in [2.24, 2.45) is 0 Å². The van der Waals surface area contributed by atoms with Crippen LogP contribution in [0, 0.1) is 18.3 Å². The highest BCUT2D eigenvalue weighted by atomic mass is 35.5. The molecule has 2 aromatic carbocycles. The lowest BCUT2D eigenvalue weighted by Gasteiger charge is -2.25. The molecule has 158 valence electrons. The van der Waals surface area contributed by atoms with Crippen LogP contribution >= 0.6 is 23.2 Å². The molecule has 0 saturated carbocycles. The second kappa shape index (κ2) is 8.96. The van der Waals surface area contributed by atoms with E-state index in [1.165, 1.54) is 6.07 Å². The van der Waals surface area contributed by atoms with Crippen molar-refractivity contribution < 1.29 is 4.79 Å². The van der Waals surface area contributed by atoms with Gasteiger partial charge in [-0.25, -0.2) is 4.79 Å². The molecule has 0 spiro atoms. The number of benzene rings is 2. The van der Waals surface area contributed by atoms with E-state index in [9.17, 15) is 10.1 Å². The second-order valence-electron chi connectivity index (χ2n) is 7.40. The van der Waals surface area contributed by atoms with Gasteiger partial charge < -0.3 is 14.8 Å². The Morgan fingerprint density at radius 3 is 2.68 bits per heavy atom. The van der Waals surface area contributed by atoms with Crippen LogP contribution < -0.4 is 5.32 Å². The van der Waals surface area contributed by atoms with Gasteiger partial charge in [0.15, 0.2) is 5.82 Å². The van der Waals surface area contributed by atoms with Crippen molar-refractivity contribution in [1.29, 1.82) is 5.26 Å². The molecule has 7 nitrogen and oxygen atoms in total. The Morgan fingerprint density at radius 2 is 1.94 bits per heavy atom. The van der Waals surface area contributed by atoms with Crippen molar-refractivity contribution in [2.75, 3.05) is 11.9 Å². The van der Waals surface area contributed by atoms with Gasteiger partial charge in [-0.05, 0) is 55.7 Å². The van der Waals surface area contributed by atoms with E-state index in [0.29, 0.717) is 34.4 Å². The number of anilines is 1. The number of urea groups is 1. The number of aryl methyl sites for hydroxylation is 1. The summed E-state index contributed by atoms with van der Waals surface area (Å²) in [5.74, 6) is 1.53. The van der Waals surface area contributed by atoms with Gasteiger partial charge in [-0.2, -0.15) is 5.26 Å². The number of aromatic nitrogens is 3. The van der Waals surface area contributed by atoms with Crippen LogP contribution in [0.25, 0.3) is 0 Å². The molecule has 0 unspecified atom stereocenters. The Kier molecular flexibility index (Phi) is 6.12. The van der Waals surface area contributed by atoms with Gasteiger partial charge in [0.25, 0.3) is 0 Å². The highest BCUT2D eigenvalue weighted by molar-refractivity contribution is 6.31. The largest absolute Gasteiger partial charge is 0.322 e. The SMILES string of the molecule is Cc1nnc([C@H]2CCCN2C(=O)Nc2ccc(Cl)cc2C#N)n1Cc1ccc(Cl)cc1. The molecule has 2 amide bonds. The molecular weight excluding hydrogens is 435 g/mol. The van der Waals surface area contributed by atoms with Crippen molar-refractivity contribution in [2.45, 2.75) is 32.4 Å². The van der Waals surface area contributed by atoms with Gasteiger partial charge in [0.05, 0.1) is 23.8 Å². The first-order valence-electron chi connectivity index (χ1n) is 9.87. The smallest absolute Gasteiger partial charge is 0.314 e. The molecule has 1 fully saturated rings. The topological polar surface area (TPSA) is 86.8 Å². The first-order chi connectivity index (χ1) is 15.0. The van der Waals surface area contributed by atoms with E-state index in [1.807, 2.05) is 35.8 Å². The zero-order valence-corrected chi connectivity index (χ0v) is 18.4. The molecular formula is C22H20Cl2N6O. The Morgan fingerprint density at radius 1 is 1.19 bits per heavy atom. The summed E-state index contributed by atoms with van der Waals surface area (Å²) in [4.78, 5) is 14.8. The summed E-state index contributed by atoms with van der Waals surface area (Å²) in [6, 6.07) is 14.0. The first kappa shape index (κ1) is 21.2. The van der Waals surface area contributed by atoms with Gasteiger partial charge in [0, 0.05) is 16.6 Å². The fourth-order valence-electron chi connectivity index (χ4n) is 3.79. The molecule has 9 heteroatoms. The third-order valence-corrected chi connectivity index (χ3v) is 5.86. The lowest BCUT2D eigenvalue weighted by atomic mass is 10.2. The van der Waals surface area contributed by atoms with Crippen molar-refractivity contribution in [3.05, 3.63) is 75.3 Å². The van der Waals surface area contributed by atoms with Crippen LogP contribution in [-0.2, 0) is 6.54 Å². The summed E-state index contributed by atoms with van der Waals surface area (Å²) >= 11 is 12.0. The Hall–Kier alpha value is -3.08. The number of rotatable bonds is 4. The minimum absolute atomic E-state index is 0.202. The number of amides is 2. The molecule has 1 N–H and O–H groups in total. The van der Waals surface area contributed by atoms with Crippen molar-refractivity contribution >= 4 is 34.9 Å². The van der Waals surface area contributed by atoms with E-state index in [-0.39, 0.29) is 12.1 Å². The molecule has 1 saturated heterocycles. The average molecular weight is 455 g/mol. The van der Waals surface area contributed by atoms with Crippen molar-refractivity contribution in [3.63, 3.8) is 0 Å². The Balaban J connectivity index is 1.57. The number of hydrogen-bond acceptors (Lipinski definition) is 4. The van der Waals surface area contributed by atoms with Crippen LogP contribution in [0.4, 0.5) is 10.5 Å². The van der Waals surface area contributed by atoms with E-state index in [1.54, 1.807) is 17.0 Å². The van der Waals surface area contributed by atoms with E-state index in [0.717, 1.165) is 30.1 Å². The highest BCUT2D eigenvalue weighted by Crippen LogP contribution is 2.32. The number of nitrogens with one attached hydrogen (secondary N) is 1. The lowest BCUT2D eigenvalue weighted by molar-refractivity contribution is 0.204. The Labute approximate surface area is 190 Å². The standard InChI is InChI=1S/C22H20Cl2N6O/c1-14-27-28-21(30(14)13-15-4-6-17(23)7-5-15)20-3-2-10-29(20)22(31)26-19-9-8-18(24)11-16(19)12-25/h4-9,11,20H,2-3,10,13H2,1H3,(H,26,31)/t20-/m1/s1. The molecule has 0 bridgehead atoms. The molecule has 1 aromatic heterocycles. The zero-order chi connectivity index (χ0) is 22.0. The predicted molar refractivity (Wildman–Crippen MR) is 119 cm³/mol. The number of carbonyl (C=O) groups is 1. The van der Waals surface area contributed by atoms with Crippen molar-refractivity contribution in [3.8, 4) is 6.07 Å². The van der Waals surface area contributed by atoms with Gasteiger partial charge in [-0.15, -0.1) is 10.2 Å². The normalized spacial score (nSPS) is 15.7. The summed E-state index contributed by atoms with van der Waals surface area (Å²) in [6.45, 7) is 3.09. The number of nitrogens with zero attached hydrogens (tertiary/aromatic N) is 5. The molecule has 1 atom stereocenters. The van der Waals surface area contributed by atoms with Crippen LogP contribution in [0.15, 0.2) is 42.5 Å². The molecule has 3 aromatic rings. The van der Waals surface area contributed by atoms with Gasteiger partial charge >= 0.3 is 6.03 Å². The van der Waals surface area contributed by atoms with Crippen LogP contribution in [0.1, 0.15) is 41.7 Å². The lowest BCUT2D eigenvalue weighted by Crippen LogP contribution is -2.35. The van der Waals surface area contributed by atoms with Crippen LogP contribution in [0.3, 0.4) is 0 Å². The van der Waals surface area contributed by atoms with Gasteiger partial charge in [-0.3, -0.25) is 0 Å². The summed E-state index contributed by atoms with van der Waals surface area (Å²) in [5.41, 5.74) is 1.82. The molecule has 0 radical (unpaired) electrons. The predicted octanol–water partition coefficient (Wildman–Crippen LogP) is 5.18. The fourth-order valence-corrected chi connectivity index (χ4v) is 4.09. The van der Waals surface area contributed by atoms with Crippen molar-refractivity contribution in [1.82, 2.24) is 19.7 Å². The summed E-state index contributed by atoms with van der Waals surface area (Å²) in [5, 5.41) is 22.0. The van der Waals surface area contributed by atoms with Gasteiger partial charge in [0.2, 0.25) is 0 Å². The number of carbonyl (C=O) groups excluding carboxylic acids is 1. The molecule has 2 heterocycles. The van der Waals surface area contributed by atoms with Crippen LogP contribution in [-0.4, -0.2) is 32.2 Å². The Bertz CT molecular complexity index is 1150. The highest BCUT2D eigenvalue weighted by Gasteiger charge is 2.34. The maximum atomic E-state index is 13.1. The van der Waals surface area contributed by atoms with E-state index in [4.69, 9.17) is 23.2 Å². The monoisotopic (exact) mass is 454 g/mol. The number of hydrogen-bond donors (Lipinski definition) is 1. The maximum absolute atomic E-state index is 13.1. The van der Waals surface area contributed by atoms with Crippen LogP contribution in [0.5, 0.6) is 0 Å². The molecule has 31 heavy (non-hydrogen) atoms. The average Bonchev–Trinajstić information content (AvgIpc) is 3.38. The minimum Gasteiger partial charge on any atom is -0.314 e. The summed E-state index contributed by atoms with van der Waals surface area (Å²) in [7, 11) is 0. The van der Waals surface area contributed by atoms with Crippen LogP contribution in [0.2, 0.25) is 10.0 Å². The molecule has 4 rings (SSSR count). The maximum Gasteiger partial charge on any atom is 0.322 e. The molecule has 1 aliphatic rings. The number of halogens is 2. The third-order valence-electron chi connectivity index (χ3n) is 5.37. The third kappa shape index (κ3) is 4.50. The summed E-state index contributed by atoms with van der Waals surface area (Å²) < 4.78 is 2.03. The number of likely N-dealkylation sites (tertiary alicyclic amines) is 1. The minimum atomic E-state index is -0.278. The quantitative estimate of drug-likeness (QED) is 0.587. The first-order valence-corrected chi connectivity index (χ1v) is 10.6. The van der Waals surface area contributed by atoms with Gasteiger partial charge in [-0.1, -0.05) is 35.3 Å². The molecule has 1 aliphatic heterocycles. The zero-order valence-electron chi connectivity index (χ0n) is 16.8. The van der Waals surface area contributed by atoms with E-state index >= 15 is 0 Å². The summed E-state index contributed by atoms with van der Waals surface area (Å²) in [6.07, 6.45) is 1.65. The fraction of sp³-hybridized carbons (Fsp3) is 0.273.